The predicted octanol–water partition coefficient (Wildman–Crippen LogP) is 18.7. The lowest BCUT2D eigenvalue weighted by atomic mass is 9.84. The standard InChI is InChI=1S/C68H48N2/c1-45(47-17-4-3-5-18-47)31-32-46(2)50-19-16-20-51(43-50)52-37-42-61-62(44-52)68(49-35-40-54(41-36-49)70-65-29-14-10-23-57(65)58-24-11-15-30-66(58)70)60-26-7-6-25-59(60)67(61)48-33-38-53(39-34-48)69-63-27-12-8-21-55(63)56-22-9-13-28-64(56)69/h3-44H,1-2H3/b45-31+,46-32+. The maximum atomic E-state index is 2.44. The summed E-state index contributed by atoms with van der Waals surface area (Å²) in [5, 5.41) is 9.96. The summed E-state index contributed by atoms with van der Waals surface area (Å²) in [4.78, 5) is 0. The molecule has 0 aliphatic carbocycles. The van der Waals surface area contributed by atoms with E-state index in [4.69, 9.17) is 0 Å². The van der Waals surface area contributed by atoms with Crippen LogP contribution in [0.2, 0.25) is 0 Å². The van der Waals surface area contributed by atoms with Gasteiger partial charge in [0.2, 0.25) is 0 Å². The van der Waals surface area contributed by atoms with Crippen LogP contribution in [0.4, 0.5) is 0 Å². The average molecular weight is 893 g/mol. The van der Waals surface area contributed by atoms with Crippen LogP contribution < -0.4 is 0 Å². The molecule has 0 atom stereocenters. The van der Waals surface area contributed by atoms with Crippen LogP contribution in [0.25, 0.3) is 121 Å². The Labute approximate surface area is 408 Å². The van der Waals surface area contributed by atoms with Crippen molar-refractivity contribution in [2.75, 3.05) is 0 Å². The van der Waals surface area contributed by atoms with E-state index in [0.717, 1.165) is 11.4 Å². The van der Waals surface area contributed by atoms with E-state index in [0.29, 0.717) is 0 Å². The Kier molecular flexibility index (Phi) is 9.99. The fourth-order valence-electron chi connectivity index (χ4n) is 11.0. The highest BCUT2D eigenvalue weighted by Crippen LogP contribution is 2.46. The third-order valence-corrected chi connectivity index (χ3v) is 14.5. The van der Waals surface area contributed by atoms with Crippen LogP contribution in [0.5, 0.6) is 0 Å². The van der Waals surface area contributed by atoms with Gasteiger partial charge in [-0.15, -0.1) is 0 Å². The van der Waals surface area contributed by atoms with Gasteiger partial charge in [-0.25, -0.2) is 0 Å². The maximum Gasteiger partial charge on any atom is 0.0541 e. The lowest BCUT2D eigenvalue weighted by molar-refractivity contribution is 1.18. The molecule has 0 unspecified atom stereocenters. The third kappa shape index (κ3) is 6.87. The Hall–Kier alpha value is -8.98. The van der Waals surface area contributed by atoms with E-state index < -0.39 is 0 Å². The van der Waals surface area contributed by atoms with Gasteiger partial charge in [0.25, 0.3) is 0 Å². The van der Waals surface area contributed by atoms with Crippen molar-refractivity contribution in [3.63, 3.8) is 0 Å². The number of hydrogen-bond donors (Lipinski definition) is 0. The van der Waals surface area contributed by atoms with E-state index in [-0.39, 0.29) is 0 Å². The van der Waals surface area contributed by atoms with Crippen molar-refractivity contribution in [3.05, 3.63) is 266 Å². The summed E-state index contributed by atoms with van der Waals surface area (Å²) in [5.74, 6) is 0. The van der Waals surface area contributed by atoms with Gasteiger partial charge in [0.1, 0.15) is 0 Å². The van der Waals surface area contributed by atoms with E-state index >= 15 is 0 Å². The molecule has 0 saturated heterocycles. The van der Waals surface area contributed by atoms with Gasteiger partial charge in [0, 0.05) is 32.9 Å². The van der Waals surface area contributed by atoms with Crippen LogP contribution in [-0.2, 0) is 0 Å². The zero-order valence-electron chi connectivity index (χ0n) is 39.1. The summed E-state index contributed by atoms with van der Waals surface area (Å²) in [6, 6.07) is 89.1. The molecule has 0 aliphatic heterocycles. The van der Waals surface area contributed by atoms with E-state index in [1.54, 1.807) is 0 Å². The number of benzene rings is 11. The molecular weight excluding hydrogens is 845 g/mol. The molecule has 330 valence electrons. The quantitative estimate of drug-likeness (QED) is 0.106. The summed E-state index contributed by atoms with van der Waals surface area (Å²) < 4.78 is 4.80. The molecule has 0 spiro atoms. The van der Waals surface area contributed by atoms with Crippen LogP contribution in [0, 0.1) is 0 Å². The van der Waals surface area contributed by atoms with Crippen LogP contribution in [0.3, 0.4) is 0 Å². The van der Waals surface area contributed by atoms with Gasteiger partial charge in [0.15, 0.2) is 0 Å². The van der Waals surface area contributed by atoms with Gasteiger partial charge in [-0.2, -0.15) is 0 Å². The number of fused-ring (bicyclic) bond motifs is 8. The molecule has 11 aromatic carbocycles. The molecule has 13 rings (SSSR count). The molecule has 0 aliphatic rings. The zero-order chi connectivity index (χ0) is 46.7. The molecule has 0 saturated carbocycles. The summed E-state index contributed by atoms with van der Waals surface area (Å²) in [6.07, 6.45) is 4.47. The van der Waals surface area contributed by atoms with Crippen molar-refractivity contribution in [1.82, 2.24) is 9.13 Å². The number of allylic oxidation sites excluding steroid dienone is 4. The molecule has 0 amide bonds. The molecule has 0 radical (unpaired) electrons. The number of aromatic nitrogens is 2. The van der Waals surface area contributed by atoms with Gasteiger partial charge in [-0.1, -0.05) is 194 Å². The van der Waals surface area contributed by atoms with Crippen molar-refractivity contribution in [1.29, 1.82) is 0 Å². The van der Waals surface area contributed by atoms with Gasteiger partial charge in [-0.3, -0.25) is 0 Å². The number of nitrogens with zero attached hydrogens (tertiary/aromatic N) is 2. The fraction of sp³-hybridized carbons (Fsp3) is 0.0294. The Morgan fingerprint density at radius 1 is 0.271 bits per heavy atom. The Morgan fingerprint density at radius 3 is 1.11 bits per heavy atom. The van der Waals surface area contributed by atoms with Crippen LogP contribution >= 0.6 is 0 Å². The predicted molar refractivity (Wildman–Crippen MR) is 300 cm³/mol. The van der Waals surface area contributed by atoms with E-state index in [9.17, 15) is 0 Å². The van der Waals surface area contributed by atoms with E-state index in [1.165, 1.54) is 121 Å². The molecule has 70 heavy (non-hydrogen) atoms. The molecule has 0 N–H and O–H groups in total. The lowest BCUT2D eigenvalue weighted by Gasteiger charge is -2.19. The first-order chi connectivity index (χ1) is 34.6. The molecule has 2 nitrogen and oxygen atoms in total. The second-order valence-electron chi connectivity index (χ2n) is 18.5. The monoisotopic (exact) mass is 892 g/mol. The number of hydrogen-bond acceptors (Lipinski definition) is 0. The molecule has 2 heterocycles. The van der Waals surface area contributed by atoms with E-state index in [2.05, 4.69) is 278 Å². The Bertz CT molecular complexity index is 4110. The minimum Gasteiger partial charge on any atom is -0.309 e. The van der Waals surface area contributed by atoms with Crippen molar-refractivity contribution >= 4 is 76.3 Å². The lowest BCUT2D eigenvalue weighted by Crippen LogP contribution is -1.96. The minimum absolute atomic E-state index is 1.14. The molecule has 2 aromatic heterocycles. The van der Waals surface area contributed by atoms with Gasteiger partial charge >= 0.3 is 0 Å². The van der Waals surface area contributed by atoms with Crippen molar-refractivity contribution in [2.45, 2.75) is 13.8 Å². The van der Waals surface area contributed by atoms with Gasteiger partial charge in [0.05, 0.1) is 22.1 Å². The topological polar surface area (TPSA) is 9.86 Å². The van der Waals surface area contributed by atoms with Gasteiger partial charge < -0.3 is 9.13 Å². The SMILES string of the molecule is C/C(=C\C=C(/C)c1cccc(-c2ccc3c(-c4ccc(-n5c6ccccc6c6ccccc65)cc4)c4ccccc4c(-c4ccc(-n5c6ccccc6c6ccccc65)cc4)c3c2)c1)c1ccccc1. The summed E-state index contributed by atoms with van der Waals surface area (Å²) in [6.45, 7) is 4.39. The van der Waals surface area contributed by atoms with Crippen LogP contribution in [-0.4, -0.2) is 9.13 Å². The minimum atomic E-state index is 1.14. The molecule has 13 aromatic rings. The zero-order valence-corrected chi connectivity index (χ0v) is 39.1. The van der Waals surface area contributed by atoms with Crippen molar-refractivity contribution in [2.24, 2.45) is 0 Å². The first-order valence-corrected chi connectivity index (χ1v) is 24.3. The second-order valence-corrected chi connectivity index (χ2v) is 18.5. The molecule has 2 heteroatoms. The summed E-state index contributed by atoms with van der Waals surface area (Å²) in [5.41, 5.74) is 19.3. The average Bonchev–Trinajstić information content (AvgIpc) is 3.95. The number of para-hydroxylation sites is 4. The maximum absolute atomic E-state index is 2.44. The van der Waals surface area contributed by atoms with Gasteiger partial charge in [-0.05, 0) is 152 Å². The Morgan fingerprint density at radius 2 is 0.629 bits per heavy atom. The van der Waals surface area contributed by atoms with Crippen molar-refractivity contribution < 1.29 is 0 Å². The second kappa shape index (κ2) is 17.0. The third-order valence-electron chi connectivity index (χ3n) is 14.5. The molecule has 0 bridgehead atoms. The largest absolute Gasteiger partial charge is 0.309 e. The first-order valence-electron chi connectivity index (χ1n) is 24.3. The highest BCUT2D eigenvalue weighted by atomic mass is 15.0. The normalized spacial score (nSPS) is 12.3. The highest BCUT2D eigenvalue weighted by molar-refractivity contribution is 6.22. The highest BCUT2D eigenvalue weighted by Gasteiger charge is 2.20. The fourth-order valence-corrected chi connectivity index (χ4v) is 11.0. The first kappa shape index (κ1) is 41.2. The van der Waals surface area contributed by atoms with Crippen LogP contribution in [0.15, 0.2) is 255 Å². The van der Waals surface area contributed by atoms with Crippen molar-refractivity contribution in [3.8, 4) is 44.8 Å². The number of rotatable bonds is 8. The van der Waals surface area contributed by atoms with E-state index in [1.807, 2.05) is 0 Å². The molecule has 0 fully saturated rings. The Balaban J connectivity index is 0.985. The molecular formula is C68H48N2. The summed E-state index contributed by atoms with van der Waals surface area (Å²) in [7, 11) is 0. The van der Waals surface area contributed by atoms with Crippen LogP contribution in [0.1, 0.15) is 25.0 Å². The summed E-state index contributed by atoms with van der Waals surface area (Å²) >= 11 is 0. The smallest absolute Gasteiger partial charge is 0.0541 e.